The number of aryl methyl sites for hydroxylation is 1. The number of hydrogen-bond acceptors (Lipinski definition) is 2. The van der Waals surface area contributed by atoms with Gasteiger partial charge in [-0.15, -0.1) is 0 Å². The Hall–Kier alpha value is -0.570. The van der Waals surface area contributed by atoms with Gasteiger partial charge in [-0.2, -0.15) is 4.31 Å². The van der Waals surface area contributed by atoms with Crippen LogP contribution in [0.3, 0.4) is 0 Å². The fourth-order valence-corrected chi connectivity index (χ4v) is 2.16. The standard InChI is InChI=1S/C11H12NO2S.Au/c1-4-9-12(3)15(13,14)11-7-5-10(2)6-8-11;/h5-8H,9H2,2-3H3;/q-1;+1. The molecule has 0 N–H and O–H groups in total. The molecule has 1 aromatic rings. The molecule has 0 saturated heterocycles. The summed E-state index contributed by atoms with van der Waals surface area (Å²) in [5.74, 6) is 2.05. The van der Waals surface area contributed by atoms with Crippen molar-refractivity contribution in [2.45, 2.75) is 11.8 Å². The predicted octanol–water partition coefficient (Wildman–Crippen LogP) is 1.20. The van der Waals surface area contributed by atoms with E-state index in [0.717, 1.165) is 9.87 Å². The quantitative estimate of drug-likeness (QED) is 0.420. The van der Waals surface area contributed by atoms with Crippen LogP contribution in [0.1, 0.15) is 5.56 Å². The van der Waals surface area contributed by atoms with E-state index in [4.69, 9.17) is 6.42 Å². The van der Waals surface area contributed by atoms with Gasteiger partial charge in [0.15, 0.2) is 0 Å². The van der Waals surface area contributed by atoms with Gasteiger partial charge < -0.3 is 12.3 Å². The summed E-state index contributed by atoms with van der Waals surface area (Å²) >= 11 is 0. The van der Waals surface area contributed by atoms with Gasteiger partial charge in [0.2, 0.25) is 10.0 Å². The zero-order valence-corrected chi connectivity index (χ0v) is 12.0. The Bertz CT molecular complexity index is 474. The van der Waals surface area contributed by atoms with Crippen molar-refractivity contribution in [1.29, 1.82) is 0 Å². The molecule has 0 aliphatic carbocycles. The minimum atomic E-state index is -3.47. The second-order valence-corrected chi connectivity index (χ2v) is 5.30. The van der Waals surface area contributed by atoms with Crippen molar-refractivity contribution in [2.75, 3.05) is 13.6 Å². The van der Waals surface area contributed by atoms with E-state index < -0.39 is 10.0 Å². The molecule has 0 spiro atoms. The number of rotatable bonds is 3. The number of nitrogens with zero attached hydrogens (tertiary/aromatic N) is 1. The van der Waals surface area contributed by atoms with Crippen LogP contribution in [0.4, 0.5) is 0 Å². The molecule has 0 aliphatic rings. The largest absolute Gasteiger partial charge is 1.00 e. The summed E-state index contributed by atoms with van der Waals surface area (Å²) in [7, 11) is -2.04. The molecule has 16 heavy (non-hydrogen) atoms. The van der Waals surface area contributed by atoms with Gasteiger partial charge in [0.05, 0.1) is 4.90 Å². The van der Waals surface area contributed by atoms with Crippen LogP contribution in [-0.4, -0.2) is 26.3 Å². The minimum absolute atomic E-state index is 0. The SMILES string of the molecule is [Au+].[C-]#CCN(C)S(=O)(=O)c1ccc(C)cc1. The van der Waals surface area contributed by atoms with Crippen LogP contribution in [0.5, 0.6) is 0 Å². The third kappa shape index (κ3) is 3.48. The van der Waals surface area contributed by atoms with Gasteiger partial charge in [0.1, 0.15) is 0 Å². The molecular weight excluding hydrogens is 407 g/mol. The van der Waals surface area contributed by atoms with Crippen molar-refractivity contribution in [3.63, 3.8) is 0 Å². The molecule has 0 saturated carbocycles. The molecule has 1 rings (SSSR count). The summed E-state index contributed by atoms with van der Waals surface area (Å²) < 4.78 is 24.8. The Balaban J connectivity index is 0.00000225. The third-order valence-corrected chi connectivity index (χ3v) is 3.85. The molecule has 0 amide bonds. The van der Waals surface area contributed by atoms with Gasteiger partial charge in [-0.3, -0.25) is 0 Å². The van der Waals surface area contributed by atoms with E-state index in [9.17, 15) is 8.42 Å². The maximum absolute atomic E-state index is 11.8. The fraction of sp³-hybridized carbons (Fsp3) is 0.273. The van der Waals surface area contributed by atoms with Gasteiger partial charge in [-0.25, -0.2) is 8.42 Å². The first kappa shape index (κ1) is 15.4. The molecule has 0 aliphatic heterocycles. The summed E-state index contributed by atoms with van der Waals surface area (Å²) in [6, 6.07) is 6.61. The van der Waals surface area contributed by atoms with Crippen LogP contribution in [-0.2, 0) is 32.4 Å². The van der Waals surface area contributed by atoms with E-state index in [1.165, 1.54) is 7.05 Å². The van der Waals surface area contributed by atoms with Gasteiger partial charge in [0, 0.05) is 13.6 Å². The Morgan fingerprint density at radius 3 is 2.25 bits per heavy atom. The second-order valence-electron chi connectivity index (χ2n) is 3.25. The fourth-order valence-electron chi connectivity index (χ4n) is 1.09. The van der Waals surface area contributed by atoms with Crippen LogP contribution in [0, 0.1) is 19.3 Å². The van der Waals surface area contributed by atoms with Crippen molar-refractivity contribution in [3.05, 3.63) is 36.3 Å². The molecule has 0 aromatic heterocycles. The molecule has 3 nitrogen and oxygen atoms in total. The van der Waals surface area contributed by atoms with Crippen molar-refractivity contribution in [3.8, 4) is 5.92 Å². The summed E-state index contributed by atoms with van der Waals surface area (Å²) in [5, 5.41) is 0. The van der Waals surface area contributed by atoms with Gasteiger partial charge in [0.25, 0.3) is 0 Å². The van der Waals surface area contributed by atoms with Crippen molar-refractivity contribution in [2.24, 2.45) is 0 Å². The van der Waals surface area contributed by atoms with Crippen LogP contribution >= 0.6 is 0 Å². The van der Waals surface area contributed by atoms with Crippen molar-refractivity contribution in [1.82, 2.24) is 4.31 Å². The smallest absolute Gasteiger partial charge is 0.692 e. The first-order valence-electron chi connectivity index (χ1n) is 4.41. The summed E-state index contributed by atoms with van der Waals surface area (Å²) in [6.45, 7) is 1.86. The maximum atomic E-state index is 11.8. The summed E-state index contributed by atoms with van der Waals surface area (Å²) in [5.41, 5.74) is 1.01. The minimum Gasteiger partial charge on any atom is -0.692 e. The van der Waals surface area contributed by atoms with E-state index in [1.807, 2.05) is 6.92 Å². The van der Waals surface area contributed by atoms with Crippen LogP contribution in [0.15, 0.2) is 29.2 Å². The molecule has 0 bridgehead atoms. The predicted molar refractivity (Wildman–Crippen MR) is 58.1 cm³/mol. The average Bonchev–Trinajstić information content (AvgIpc) is 2.18. The molecule has 0 heterocycles. The molecule has 0 unspecified atom stereocenters. The van der Waals surface area contributed by atoms with Gasteiger partial charge in [-0.1, -0.05) is 17.7 Å². The summed E-state index contributed by atoms with van der Waals surface area (Å²) in [4.78, 5) is 0.242. The maximum Gasteiger partial charge on any atom is 1.00 e. The van der Waals surface area contributed by atoms with E-state index in [2.05, 4.69) is 5.92 Å². The Morgan fingerprint density at radius 1 is 1.31 bits per heavy atom. The first-order chi connectivity index (χ1) is 6.98. The topological polar surface area (TPSA) is 37.4 Å². The average molecular weight is 419 g/mol. The Labute approximate surface area is 112 Å². The molecule has 5 heteroatoms. The Morgan fingerprint density at radius 2 is 1.81 bits per heavy atom. The molecule has 0 radical (unpaired) electrons. The zero-order valence-electron chi connectivity index (χ0n) is 8.99. The van der Waals surface area contributed by atoms with Crippen molar-refractivity contribution >= 4 is 10.0 Å². The number of benzene rings is 1. The Kier molecular flexibility index (Phi) is 6.01. The first-order valence-corrected chi connectivity index (χ1v) is 5.85. The van der Waals surface area contributed by atoms with E-state index in [0.29, 0.717) is 0 Å². The van der Waals surface area contributed by atoms with E-state index >= 15 is 0 Å². The van der Waals surface area contributed by atoms with Crippen LogP contribution < -0.4 is 0 Å². The monoisotopic (exact) mass is 419 g/mol. The van der Waals surface area contributed by atoms with Crippen LogP contribution in [0.25, 0.3) is 0 Å². The third-order valence-electron chi connectivity index (χ3n) is 2.03. The molecule has 0 fully saturated rings. The second kappa shape index (κ2) is 6.24. The number of sulfonamides is 1. The van der Waals surface area contributed by atoms with E-state index in [-0.39, 0.29) is 33.8 Å². The molecular formula is C11H12AuNO2S. The normalized spacial score (nSPS) is 10.6. The van der Waals surface area contributed by atoms with E-state index in [1.54, 1.807) is 24.3 Å². The van der Waals surface area contributed by atoms with Crippen molar-refractivity contribution < 1.29 is 30.8 Å². The van der Waals surface area contributed by atoms with Gasteiger partial charge in [-0.05, 0) is 19.1 Å². The summed E-state index contributed by atoms with van der Waals surface area (Å²) in [6.07, 6.45) is 6.75. The molecule has 1 aromatic carbocycles. The molecule has 90 valence electrons. The zero-order chi connectivity index (χ0) is 11.5. The van der Waals surface area contributed by atoms with Crippen LogP contribution in [0.2, 0.25) is 0 Å². The molecule has 0 atom stereocenters. The number of hydrogen-bond donors (Lipinski definition) is 0. The van der Waals surface area contributed by atoms with Gasteiger partial charge >= 0.3 is 22.4 Å².